The molecule has 0 aliphatic heterocycles. The van der Waals surface area contributed by atoms with Gasteiger partial charge in [-0.05, 0) is 24.1 Å². The second-order valence-electron chi connectivity index (χ2n) is 6.84. The molecule has 0 spiro atoms. The van der Waals surface area contributed by atoms with Gasteiger partial charge in [-0.2, -0.15) is 0 Å². The van der Waals surface area contributed by atoms with Gasteiger partial charge in [0.15, 0.2) is 34.3 Å². The summed E-state index contributed by atoms with van der Waals surface area (Å²) in [5, 5.41) is 0. The van der Waals surface area contributed by atoms with Gasteiger partial charge in [0.2, 0.25) is 0 Å². The molecule has 164 valence electrons. The van der Waals surface area contributed by atoms with Gasteiger partial charge in [-0.15, -0.1) is 6.42 Å². The van der Waals surface area contributed by atoms with E-state index in [2.05, 4.69) is 22.7 Å². The average molecular weight is 434 g/mol. The molecule has 0 aliphatic rings. The third-order valence-electron chi connectivity index (χ3n) is 4.92. The number of ether oxygens (including phenoxy) is 2. The quantitative estimate of drug-likeness (QED) is 0.536. The molecule has 3 aromatic rings. The van der Waals surface area contributed by atoms with Crippen LogP contribution in [0.5, 0.6) is 11.5 Å². The number of hydrogen-bond acceptors (Lipinski definition) is 6. The van der Waals surface area contributed by atoms with Crippen molar-refractivity contribution in [2.45, 2.75) is 26.4 Å². The Bertz CT molecular complexity index is 1420. The summed E-state index contributed by atoms with van der Waals surface area (Å²) in [5.41, 5.74) is -0.399. The van der Waals surface area contributed by atoms with Crippen molar-refractivity contribution in [3.05, 3.63) is 50.4 Å². The van der Waals surface area contributed by atoms with Crippen LogP contribution >= 0.6 is 0 Å². The smallest absolute Gasteiger partial charge is 0.334 e. The van der Waals surface area contributed by atoms with E-state index in [0.717, 1.165) is 4.57 Å². The Labute approximate surface area is 184 Å². The Hall–Kier alpha value is -4.24. The van der Waals surface area contributed by atoms with Gasteiger partial charge in [-0.1, -0.05) is 18.8 Å². The number of aromatic nitrogens is 4. The Morgan fingerprint density at radius 2 is 1.84 bits per heavy atom. The number of methoxy groups -OCH3 is 2. The second-order valence-corrected chi connectivity index (χ2v) is 6.84. The molecule has 3 rings (SSSR count). The van der Waals surface area contributed by atoms with Gasteiger partial charge in [0.05, 0.1) is 27.3 Å². The van der Waals surface area contributed by atoms with Gasteiger partial charge in [-0.3, -0.25) is 14.2 Å². The molecule has 0 amide bonds. The van der Waals surface area contributed by atoms with Crippen LogP contribution in [0.3, 0.4) is 0 Å². The number of nitrogens with zero attached hydrogens (tertiary/aromatic N) is 4. The molecule has 0 fully saturated rings. The van der Waals surface area contributed by atoms with E-state index >= 15 is 0 Å². The monoisotopic (exact) mass is 434 g/mol. The zero-order valence-corrected chi connectivity index (χ0v) is 18.3. The summed E-state index contributed by atoms with van der Waals surface area (Å²) < 4.78 is 14.1. The predicted octanol–water partition coefficient (Wildman–Crippen LogP) is 0.926. The van der Waals surface area contributed by atoms with Gasteiger partial charge in [0, 0.05) is 19.0 Å². The van der Waals surface area contributed by atoms with Gasteiger partial charge in [-0.25, -0.2) is 14.3 Å². The molecule has 2 aromatic heterocycles. The molecule has 1 aromatic carbocycles. The first kappa shape index (κ1) is 22.4. The largest absolute Gasteiger partial charge is 0.493 e. The lowest BCUT2D eigenvalue weighted by Gasteiger charge is -2.09. The third-order valence-corrected chi connectivity index (χ3v) is 4.92. The van der Waals surface area contributed by atoms with Crippen LogP contribution in [-0.4, -0.2) is 38.7 Å². The van der Waals surface area contributed by atoms with E-state index in [1.807, 2.05) is 0 Å². The minimum atomic E-state index is -0.681. The molecule has 9 nitrogen and oxygen atoms in total. The highest BCUT2D eigenvalue weighted by Gasteiger charge is 2.20. The zero-order chi connectivity index (χ0) is 23.4. The van der Waals surface area contributed by atoms with Crippen LogP contribution in [0.2, 0.25) is 0 Å². The van der Waals surface area contributed by atoms with Crippen molar-refractivity contribution < 1.29 is 14.3 Å². The van der Waals surface area contributed by atoms with Crippen LogP contribution in [-0.2, 0) is 24.9 Å². The maximum Gasteiger partial charge on any atom is 0.334 e. The number of Topliss-reactive ketones (excluding diaryl/α,β-unsaturated/α-hetero) is 1. The van der Waals surface area contributed by atoms with Crippen LogP contribution in [0.25, 0.3) is 11.2 Å². The van der Waals surface area contributed by atoms with Crippen molar-refractivity contribution in [2.75, 3.05) is 14.2 Å². The minimum Gasteiger partial charge on any atom is -0.493 e. The minimum absolute atomic E-state index is 0.0918. The van der Waals surface area contributed by atoms with E-state index in [1.54, 1.807) is 39.3 Å². The Kier molecular flexibility index (Phi) is 6.50. The van der Waals surface area contributed by atoms with Gasteiger partial charge >= 0.3 is 5.69 Å². The van der Waals surface area contributed by atoms with Crippen molar-refractivity contribution in [1.29, 1.82) is 0 Å². The number of hydrogen-bond donors (Lipinski definition) is 0. The van der Waals surface area contributed by atoms with E-state index in [9.17, 15) is 14.4 Å². The number of carbonyl (C=O) groups is 1. The second kappa shape index (κ2) is 9.27. The number of imidazole rings is 1. The Morgan fingerprint density at radius 1 is 1.12 bits per heavy atom. The fraction of sp³-hybridized carbons (Fsp3) is 0.304. The number of ketones is 1. The molecule has 0 aliphatic carbocycles. The molecular weight excluding hydrogens is 412 g/mol. The van der Waals surface area contributed by atoms with Crippen molar-refractivity contribution in [1.82, 2.24) is 18.7 Å². The lowest BCUT2D eigenvalue weighted by molar-refractivity contribution is -0.119. The lowest BCUT2D eigenvalue weighted by Crippen LogP contribution is -2.41. The molecule has 0 saturated heterocycles. The number of rotatable bonds is 6. The first-order valence-electron chi connectivity index (χ1n) is 9.75. The predicted molar refractivity (Wildman–Crippen MR) is 119 cm³/mol. The summed E-state index contributed by atoms with van der Waals surface area (Å²) in [5.74, 6) is 9.35. The van der Waals surface area contributed by atoms with Gasteiger partial charge in [0.1, 0.15) is 0 Å². The fourth-order valence-corrected chi connectivity index (χ4v) is 3.18. The topological polar surface area (TPSA) is 97.3 Å². The molecule has 0 saturated carbocycles. The van der Waals surface area contributed by atoms with Gasteiger partial charge in [0.25, 0.3) is 5.56 Å². The maximum atomic E-state index is 12.9. The third kappa shape index (κ3) is 4.01. The number of fused-ring (bicyclic) bond motifs is 1. The van der Waals surface area contributed by atoms with Crippen molar-refractivity contribution >= 4 is 16.9 Å². The maximum absolute atomic E-state index is 12.9. The van der Waals surface area contributed by atoms with Crippen LogP contribution < -0.4 is 20.7 Å². The lowest BCUT2D eigenvalue weighted by atomic mass is 10.2. The summed E-state index contributed by atoms with van der Waals surface area (Å²) in [7, 11) is 4.68. The molecule has 0 unspecified atom stereocenters. The van der Waals surface area contributed by atoms with Gasteiger partial charge < -0.3 is 14.0 Å². The van der Waals surface area contributed by atoms with E-state index in [-0.39, 0.29) is 42.3 Å². The molecule has 0 radical (unpaired) electrons. The number of benzene rings is 1. The Balaban J connectivity index is 2.22. The average Bonchev–Trinajstić information content (AvgIpc) is 3.13. The number of aryl methyl sites for hydroxylation is 1. The highest BCUT2D eigenvalue weighted by Crippen LogP contribution is 2.27. The molecule has 2 heterocycles. The summed E-state index contributed by atoms with van der Waals surface area (Å²) >= 11 is 0. The molecule has 0 bridgehead atoms. The van der Waals surface area contributed by atoms with E-state index in [1.165, 1.54) is 16.2 Å². The fourth-order valence-electron chi connectivity index (χ4n) is 3.18. The summed E-state index contributed by atoms with van der Waals surface area (Å²) in [6, 6.07) is 5.20. The van der Waals surface area contributed by atoms with E-state index in [0.29, 0.717) is 17.1 Å². The van der Waals surface area contributed by atoms with E-state index < -0.39 is 11.2 Å². The zero-order valence-electron chi connectivity index (χ0n) is 18.3. The molecule has 0 N–H and O–H groups in total. The normalized spacial score (nSPS) is 10.3. The van der Waals surface area contributed by atoms with E-state index in [4.69, 9.17) is 15.9 Å². The van der Waals surface area contributed by atoms with Crippen LogP contribution in [0.4, 0.5) is 0 Å². The highest BCUT2D eigenvalue weighted by atomic mass is 16.5. The number of terminal acetylenes is 1. The highest BCUT2D eigenvalue weighted by molar-refractivity contribution is 5.80. The molecular formula is C23H22N4O5. The first-order chi connectivity index (χ1) is 15.4. The first-order valence-corrected chi connectivity index (χ1v) is 9.75. The SMILES string of the molecule is C#CCn1c(=O)c2c(nc(C#Cc3ccc(OC)c(OC)c3)n2C)n(CC(=O)CC)c1=O. The van der Waals surface area contributed by atoms with Crippen molar-refractivity contribution in [2.24, 2.45) is 7.05 Å². The molecule has 0 atom stereocenters. The standard InChI is InChI=1S/C23H22N4O5/c1-6-12-26-22(29)20-21(27(23(26)30)14-16(28)7-2)24-19(25(20)3)11-9-15-8-10-17(31-4)18(13-15)32-5/h1,8,10,13H,7,12,14H2,2-5H3. The Morgan fingerprint density at radius 3 is 2.47 bits per heavy atom. The molecule has 32 heavy (non-hydrogen) atoms. The summed E-state index contributed by atoms with van der Waals surface area (Å²) in [4.78, 5) is 42.2. The van der Waals surface area contributed by atoms with Crippen molar-refractivity contribution in [3.8, 4) is 35.7 Å². The number of carbonyl (C=O) groups excluding carboxylic acids is 1. The van der Waals surface area contributed by atoms with Crippen molar-refractivity contribution in [3.63, 3.8) is 0 Å². The van der Waals surface area contributed by atoms with Crippen LogP contribution in [0, 0.1) is 24.2 Å². The summed E-state index contributed by atoms with van der Waals surface area (Å²) in [6.45, 7) is 1.27. The molecule has 9 heteroatoms. The van der Waals surface area contributed by atoms with Crippen LogP contribution in [0.15, 0.2) is 27.8 Å². The van der Waals surface area contributed by atoms with Crippen LogP contribution in [0.1, 0.15) is 24.7 Å². The summed E-state index contributed by atoms with van der Waals surface area (Å²) in [6.07, 6.45) is 5.57.